The molecule has 1 saturated heterocycles. The lowest BCUT2D eigenvalue weighted by Gasteiger charge is -2.58. The Kier molecular flexibility index (Phi) is 7.53. The van der Waals surface area contributed by atoms with E-state index in [1.54, 1.807) is 0 Å². The van der Waals surface area contributed by atoms with Crippen molar-refractivity contribution in [2.45, 2.75) is 144 Å². The van der Waals surface area contributed by atoms with Gasteiger partial charge < -0.3 is 0 Å². The molecule has 4 aliphatic carbocycles. The van der Waals surface area contributed by atoms with Crippen molar-refractivity contribution in [2.75, 3.05) is 7.05 Å². The van der Waals surface area contributed by atoms with Crippen molar-refractivity contribution in [1.29, 1.82) is 0 Å². The zero-order chi connectivity index (χ0) is 18.5. The fourth-order valence-corrected chi connectivity index (χ4v) is 8.81. The van der Waals surface area contributed by atoms with Gasteiger partial charge in [-0.05, 0) is 64.3 Å². The third-order valence-electron chi connectivity index (χ3n) is 8.64. The molecule has 4 saturated carbocycles. The summed E-state index contributed by atoms with van der Waals surface area (Å²) in [5.74, 6) is 1.05. The number of rotatable bonds is 0. The fraction of sp³-hybridized carbons (Fsp3) is 1.00. The molecule has 5 aliphatic rings. The zero-order valence-electron chi connectivity index (χ0n) is 18.1. The maximum absolute atomic E-state index is 2.97. The smallest absolute Gasteiger partial charge is 0.0225 e. The van der Waals surface area contributed by atoms with Crippen LogP contribution in [0.1, 0.15) is 122 Å². The summed E-state index contributed by atoms with van der Waals surface area (Å²) in [6.07, 6.45) is 28.5. The summed E-state index contributed by atoms with van der Waals surface area (Å²) < 4.78 is 0. The van der Waals surface area contributed by atoms with Crippen molar-refractivity contribution in [3.63, 3.8) is 0 Å². The Labute approximate surface area is 173 Å². The van der Waals surface area contributed by atoms with E-state index in [1.807, 2.05) is 0 Å². The maximum Gasteiger partial charge on any atom is 0.0225 e. The Morgan fingerprint density at radius 3 is 1.96 bits per heavy atom. The largest absolute Gasteiger partial charge is 0.298 e. The molecule has 1 nitrogen and oxygen atoms in total. The molecule has 5 rings (SSSR count). The molecule has 27 heavy (non-hydrogen) atoms. The van der Waals surface area contributed by atoms with Crippen molar-refractivity contribution in [1.82, 2.24) is 4.90 Å². The molecule has 0 aromatic heterocycles. The van der Waals surface area contributed by atoms with Gasteiger partial charge in [0.2, 0.25) is 0 Å². The van der Waals surface area contributed by atoms with E-state index in [0.29, 0.717) is 5.54 Å². The van der Waals surface area contributed by atoms with Crippen LogP contribution in [-0.2, 0) is 0 Å². The van der Waals surface area contributed by atoms with Crippen molar-refractivity contribution in [3.05, 3.63) is 0 Å². The molecule has 1 spiro atoms. The van der Waals surface area contributed by atoms with E-state index in [-0.39, 0.29) is 0 Å². The second kappa shape index (κ2) is 9.88. The predicted molar refractivity (Wildman–Crippen MR) is 121 cm³/mol. The quantitative estimate of drug-likeness (QED) is 0.418. The van der Waals surface area contributed by atoms with E-state index in [1.165, 1.54) is 122 Å². The molecule has 3 atom stereocenters. The van der Waals surface area contributed by atoms with Crippen LogP contribution in [0.3, 0.4) is 0 Å². The first kappa shape index (κ1) is 20.6. The Morgan fingerprint density at radius 1 is 0.593 bits per heavy atom. The number of hydrogen-bond donors (Lipinski definition) is 0. The van der Waals surface area contributed by atoms with E-state index in [0.717, 1.165) is 22.5 Å². The van der Waals surface area contributed by atoms with Crippen molar-refractivity contribution in [3.8, 4) is 0 Å². The lowest BCUT2D eigenvalue weighted by atomic mass is 9.62. The lowest BCUT2D eigenvalue weighted by molar-refractivity contribution is -0.0512. The molecule has 2 heteroatoms. The van der Waals surface area contributed by atoms with E-state index < -0.39 is 0 Å². The van der Waals surface area contributed by atoms with E-state index in [4.69, 9.17) is 0 Å². The van der Waals surface area contributed by atoms with Gasteiger partial charge in [-0.15, -0.1) is 0 Å². The molecular weight excluding hydrogens is 346 g/mol. The number of fused-ring (bicyclic) bond motifs is 8. The van der Waals surface area contributed by atoms with Gasteiger partial charge >= 0.3 is 0 Å². The van der Waals surface area contributed by atoms with Gasteiger partial charge in [0.15, 0.2) is 0 Å². The summed E-state index contributed by atoms with van der Waals surface area (Å²) in [7, 11) is 2.55. The summed E-state index contributed by atoms with van der Waals surface area (Å²) in [4.78, 5) is 2.97. The second-order valence-electron chi connectivity index (χ2n) is 10.6. The second-order valence-corrected chi connectivity index (χ2v) is 12.2. The molecule has 0 radical (unpaired) electrons. The lowest BCUT2D eigenvalue weighted by Crippen LogP contribution is -2.60. The van der Waals surface area contributed by atoms with Gasteiger partial charge in [0, 0.05) is 22.1 Å². The molecule has 0 aromatic carbocycles. The molecule has 1 heterocycles. The van der Waals surface area contributed by atoms with Gasteiger partial charge in [-0.2, -0.15) is 11.8 Å². The van der Waals surface area contributed by atoms with Gasteiger partial charge in [0.25, 0.3) is 0 Å². The molecule has 0 amide bonds. The summed E-state index contributed by atoms with van der Waals surface area (Å²) in [5, 5.41) is 1.91. The highest BCUT2D eigenvalue weighted by atomic mass is 32.2. The molecule has 0 N–H and O–H groups in total. The Balaban J connectivity index is 1.56. The molecule has 5 fully saturated rings. The highest BCUT2D eigenvalue weighted by Gasteiger charge is 2.49. The van der Waals surface area contributed by atoms with Gasteiger partial charge in [-0.25, -0.2) is 0 Å². The first-order valence-corrected chi connectivity index (χ1v) is 13.6. The highest BCUT2D eigenvalue weighted by Crippen LogP contribution is 2.52. The van der Waals surface area contributed by atoms with Crippen LogP contribution < -0.4 is 0 Å². The average Bonchev–Trinajstić information content (AvgIpc) is 2.66. The van der Waals surface area contributed by atoms with Crippen LogP contribution in [0.5, 0.6) is 0 Å². The van der Waals surface area contributed by atoms with Crippen LogP contribution in [0.25, 0.3) is 0 Å². The predicted octanol–water partition coefficient (Wildman–Crippen LogP) is 7.58. The van der Waals surface area contributed by atoms with Gasteiger partial charge in [0.05, 0.1) is 0 Å². The summed E-state index contributed by atoms with van der Waals surface area (Å²) in [6.45, 7) is 0. The molecule has 0 aromatic rings. The monoisotopic (exact) mass is 391 g/mol. The molecule has 5 bridgehead atoms. The molecule has 156 valence electrons. The van der Waals surface area contributed by atoms with E-state index >= 15 is 0 Å². The number of nitrogens with zero attached hydrogens (tertiary/aromatic N) is 1. The summed E-state index contributed by atoms with van der Waals surface area (Å²) in [5.41, 5.74) is 0.576. The van der Waals surface area contributed by atoms with E-state index in [2.05, 4.69) is 23.7 Å². The van der Waals surface area contributed by atoms with Crippen LogP contribution >= 0.6 is 11.8 Å². The Hall–Kier alpha value is 0.310. The minimum absolute atomic E-state index is 0.576. The normalized spacial score (nSPS) is 43.0. The maximum atomic E-state index is 2.97. The Bertz CT molecular complexity index is 444. The van der Waals surface area contributed by atoms with E-state index in [9.17, 15) is 0 Å². The van der Waals surface area contributed by atoms with Crippen LogP contribution in [0.2, 0.25) is 0 Å². The summed E-state index contributed by atoms with van der Waals surface area (Å²) >= 11 is 2.46. The third kappa shape index (κ3) is 5.27. The molecule has 2 unspecified atom stereocenters. The minimum Gasteiger partial charge on any atom is -0.298 e. The number of hydrogen-bond acceptors (Lipinski definition) is 2. The van der Waals surface area contributed by atoms with Crippen molar-refractivity contribution in [2.24, 2.45) is 5.92 Å². The third-order valence-corrected chi connectivity index (χ3v) is 10.3. The average molecular weight is 392 g/mol. The highest BCUT2D eigenvalue weighted by molar-refractivity contribution is 8.00. The van der Waals surface area contributed by atoms with Crippen LogP contribution in [0, 0.1) is 5.92 Å². The topological polar surface area (TPSA) is 3.24 Å². The van der Waals surface area contributed by atoms with Gasteiger partial charge in [0.1, 0.15) is 0 Å². The van der Waals surface area contributed by atoms with Gasteiger partial charge in [-0.1, -0.05) is 70.6 Å². The zero-order valence-corrected chi connectivity index (χ0v) is 18.9. The van der Waals surface area contributed by atoms with Crippen LogP contribution in [0.15, 0.2) is 0 Å². The standard InChI is InChI=1S/C25H45NS/c1-26-22-13-8-4-2-3-5-9-15-23(17-11-14-22)27-24-16-10-6-7-12-21-18-25(26,19-21)20-24/h21-24H,2-20H2,1H3/t21?,22?,23-,24?,25?/m0/s1. The van der Waals surface area contributed by atoms with Crippen LogP contribution in [-0.4, -0.2) is 34.0 Å². The fourth-order valence-electron chi connectivity index (χ4n) is 6.95. The Morgan fingerprint density at radius 2 is 1.15 bits per heavy atom. The first-order chi connectivity index (χ1) is 13.3. The SMILES string of the molecule is CN1C2CCCCCCCC[C@@H](CCC2)SC2CCCCCC3CC1(C3)C2. The van der Waals surface area contributed by atoms with Crippen molar-refractivity contribution < 1.29 is 0 Å². The molecular formula is C25H45NS. The van der Waals surface area contributed by atoms with Crippen molar-refractivity contribution >= 4 is 11.8 Å². The van der Waals surface area contributed by atoms with Crippen LogP contribution in [0.4, 0.5) is 0 Å². The van der Waals surface area contributed by atoms with Gasteiger partial charge in [-0.3, -0.25) is 4.90 Å². The molecule has 1 aliphatic heterocycles. The summed E-state index contributed by atoms with van der Waals surface area (Å²) in [6, 6.07) is 0.874. The number of thioether (sulfide) groups is 1. The first-order valence-electron chi connectivity index (χ1n) is 12.6. The minimum atomic E-state index is 0.576.